The third kappa shape index (κ3) is 4.70. The van der Waals surface area contributed by atoms with E-state index in [1.807, 2.05) is 0 Å². The summed E-state index contributed by atoms with van der Waals surface area (Å²) in [6, 6.07) is 0. The molecule has 0 aliphatic carbocycles. The number of halogens is 6. The molecule has 15 heteroatoms. The van der Waals surface area contributed by atoms with Crippen molar-refractivity contribution in [2.75, 3.05) is 20.0 Å². The Hall–Kier alpha value is -0.430. The molecule has 1 atom stereocenters. The summed E-state index contributed by atoms with van der Waals surface area (Å²) in [7, 11) is -16.7. The zero-order valence-corrected chi connectivity index (χ0v) is 17.2. The van der Waals surface area contributed by atoms with Crippen LogP contribution in [0.5, 0.6) is 0 Å². The van der Waals surface area contributed by atoms with Gasteiger partial charge in [0.15, 0.2) is 0 Å². The van der Waals surface area contributed by atoms with Gasteiger partial charge in [-0.2, -0.15) is 0 Å². The SMILES string of the molecule is C=C(C)C(CC)(N[PH](C)(C)C)N(S(=O)(=O)C(F)(F)F)S(=O)(=O)C(F)(F)F. The number of nitrogens with zero attached hydrogens (tertiary/aromatic N) is 1. The summed E-state index contributed by atoms with van der Waals surface area (Å²) in [5.74, 6) is 0. The summed E-state index contributed by atoms with van der Waals surface area (Å²) < 4.78 is 124. The molecule has 1 unspecified atom stereocenters. The summed E-state index contributed by atoms with van der Waals surface area (Å²) in [4.78, 5) is 0. The van der Waals surface area contributed by atoms with Crippen molar-refractivity contribution in [1.82, 2.24) is 8.80 Å². The van der Waals surface area contributed by atoms with E-state index in [1.165, 1.54) is 20.0 Å². The van der Waals surface area contributed by atoms with E-state index in [4.69, 9.17) is 0 Å². The summed E-state index contributed by atoms with van der Waals surface area (Å²) >= 11 is 0. The van der Waals surface area contributed by atoms with Crippen LogP contribution in [0.1, 0.15) is 20.3 Å². The van der Waals surface area contributed by atoms with Crippen molar-refractivity contribution in [3.05, 3.63) is 12.2 Å². The Labute approximate surface area is 149 Å². The standard InChI is InChI=1S/C11H21F6N2O4PS2/c1-7-9(8(2)3,18-24(4,5)6)19(25(20,21)10(12,13)14)26(22,23)11(15,16)17/h18,24H,2,7H2,1,3-6H3. The molecule has 0 saturated carbocycles. The molecule has 0 bridgehead atoms. The summed E-state index contributed by atoms with van der Waals surface area (Å²) in [5.41, 5.74) is -16.0. The van der Waals surface area contributed by atoms with E-state index in [0.717, 1.165) is 13.8 Å². The Morgan fingerprint density at radius 2 is 1.27 bits per heavy atom. The van der Waals surface area contributed by atoms with Gasteiger partial charge in [0.05, 0.1) is 0 Å². The van der Waals surface area contributed by atoms with Crippen LogP contribution in [0.25, 0.3) is 0 Å². The molecule has 0 saturated heterocycles. The molecule has 0 amide bonds. The molecule has 0 aromatic rings. The zero-order valence-electron chi connectivity index (χ0n) is 14.6. The second-order valence-corrected chi connectivity index (χ2v) is 15.0. The number of sulfonamides is 2. The molecule has 0 fully saturated rings. The fraction of sp³-hybridized carbons (Fsp3) is 0.818. The Morgan fingerprint density at radius 1 is 0.962 bits per heavy atom. The van der Waals surface area contributed by atoms with E-state index in [1.54, 1.807) is 0 Å². The summed E-state index contributed by atoms with van der Waals surface area (Å²) in [6.07, 6.45) is -0.753. The molecule has 0 aliphatic rings. The third-order valence-corrected chi connectivity index (χ3v) is 8.14. The zero-order chi connectivity index (χ0) is 21.6. The molecule has 1 N–H and O–H groups in total. The summed E-state index contributed by atoms with van der Waals surface area (Å²) in [6.45, 7) is 9.57. The van der Waals surface area contributed by atoms with Gasteiger partial charge in [0.2, 0.25) is 0 Å². The average Bonchev–Trinajstić information content (AvgIpc) is 2.32. The van der Waals surface area contributed by atoms with Crippen molar-refractivity contribution in [3.8, 4) is 0 Å². The van der Waals surface area contributed by atoms with E-state index in [-0.39, 0.29) is 0 Å². The molecule has 0 radical (unpaired) electrons. The molecule has 0 spiro atoms. The Kier molecular flexibility index (Phi) is 7.07. The molecule has 0 rings (SSSR count). The molecular formula is C11H21F6N2O4PS2. The first-order valence-electron chi connectivity index (χ1n) is 6.96. The molecule has 0 aromatic heterocycles. The van der Waals surface area contributed by atoms with Gasteiger partial charge in [0.1, 0.15) is 0 Å². The van der Waals surface area contributed by atoms with E-state index in [2.05, 4.69) is 11.7 Å². The van der Waals surface area contributed by atoms with Gasteiger partial charge in [-0.15, -0.1) is 0 Å². The van der Waals surface area contributed by atoms with Crippen molar-refractivity contribution in [2.45, 2.75) is 36.9 Å². The second kappa shape index (κ2) is 7.19. The molecule has 0 aromatic carbocycles. The monoisotopic (exact) mass is 454 g/mol. The predicted molar refractivity (Wildman–Crippen MR) is 88.8 cm³/mol. The predicted octanol–water partition coefficient (Wildman–Crippen LogP) is 2.81. The first-order valence-corrected chi connectivity index (χ1v) is 13.3. The Bertz CT molecular complexity index is 711. The summed E-state index contributed by atoms with van der Waals surface area (Å²) in [5, 5.41) is 2.38. The van der Waals surface area contributed by atoms with Crippen LogP contribution in [0.15, 0.2) is 12.2 Å². The van der Waals surface area contributed by atoms with Crippen molar-refractivity contribution in [2.24, 2.45) is 0 Å². The van der Waals surface area contributed by atoms with Crippen LogP contribution in [-0.2, 0) is 20.0 Å². The second-order valence-electron chi connectivity index (χ2n) is 6.47. The number of alkyl halides is 6. The van der Waals surface area contributed by atoms with Crippen molar-refractivity contribution in [1.29, 1.82) is 0 Å². The van der Waals surface area contributed by atoms with Crippen LogP contribution < -0.4 is 5.09 Å². The number of hydrogen-bond acceptors (Lipinski definition) is 5. The molecule has 158 valence electrons. The average molecular weight is 454 g/mol. The van der Waals surface area contributed by atoms with Crippen LogP contribution in [0.4, 0.5) is 26.3 Å². The van der Waals surface area contributed by atoms with Crippen LogP contribution in [0.2, 0.25) is 0 Å². The first-order chi connectivity index (χ1) is 11.1. The van der Waals surface area contributed by atoms with E-state index >= 15 is 0 Å². The quantitative estimate of drug-likeness (QED) is 0.277. The Balaban J connectivity index is 7.30. The first kappa shape index (κ1) is 25.6. The van der Waals surface area contributed by atoms with Crippen molar-refractivity contribution in [3.63, 3.8) is 0 Å². The van der Waals surface area contributed by atoms with Crippen molar-refractivity contribution >= 4 is 27.5 Å². The fourth-order valence-corrected chi connectivity index (χ4v) is 7.48. The van der Waals surface area contributed by atoms with Crippen LogP contribution in [-0.4, -0.2) is 57.2 Å². The normalized spacial score (nSPS) is 17.8. The Morgan fingerprint density at radius 3 is 1.42 bits per heavy atom. The van der Waals surface area contributed by atoms with Gasteiger partial charge in [-0.3, -0.25) is 0 Å². The van der Waals surface area contributed by atoms with E-state index < -0.39 is 59.8 Å². The molecule has 6 nitrogen and oxygen atoms in total. The third-order valence-electron chi connectivity index (χ3n) is 3.13. The van der Waals surface area contributed by atoms with Crippen LogP contribution >= 0.6 is 7.41 Å². The van der Waals surface area contributed by atoms with E-state index in [9.17, 15) is 43.2 Å². The van der Waals surface area contributed by atoms with Gasteiger partial charge < -0.3 is 0 Å². The van der Waals surface area contributed by atoms with Gasteiger partial charge >= 0.3 is 149 Å². The maximum atomic E-state index is 13.1. The van der Waals surface area contributed by atoms with Gasteiger partial charge in [-0.05, 0) is 0 Å². The van der Waals surface area contributed by atoms with Gasteiger partial charge in [0, 0.05) is 0 Å². The maximum absolute atomic E-state index is 13.1. The minimum absolute atomic E-state index is 0.539. The molecular weight excluding hydrogens is 433 g/mol. The fourth-order valence-electron chi connectivity index (χ4n) is 2.18. The van der Waals surface area contributed by atoms with Gasteiger partial charge in [-0.25, -0.2) is 0 Å². The van der Waals surface area contributed by atoms with Crippen LogP contribution in [0.3, 0.4) is 0 Å². The number of hydrogen-bond donors (Lipinski definition) is 1. The van der Waals surface area contributed by atoms with Gasteiger partial charge in [-0.1, -0.05) is 0 Å². The molecule has 0 heterocycles. The van der Waals surface area contributed by atoms with E-state index in [0.29, 0.717) is 0 Å². The van der Waals surface area contributed by atoms with Crippen LogP contribution in [0, 0.1) is 0 Å². The molecule has 26 heavy (non-hydrogen) atoms. The topological polar surface area (TPSA) is 83.6 Å². The number of rotatable bonds is 7. The van der Waals surface area contributed by atoms with Crippen molar-refractivity contribution < 1.29 is 43.2 Å². The van der Waals surface area contributed by atoms with Gasteiger partial charge in [0.25, 0.3) is 0 Å². The minimum atomic E-state index is -6.94. The number of nitrogens with one attached hydrogen (secondary N) is 1. The molecule has 0 aliphatic heterocycles.